The molecule has 1 heterocycles. The van der Waals surface area contributed by atoms with Gasteiger partial charge in [0.1, 0.15) is 0 Å². The van der Waals surface area contributed by atoms with Crippen LogP contribution < -0.4 is 5.32 Å². The molecule has 1 N–H and O–H groups in total. The van der Waals surface area contributed by atoms with Gasteiger partial charge < -0.3 is 9.73 Å². The fourth-order valence-corrected chi connectivity index (χ4v) is 3.26. The minimum Gasteiger partial charge on any atom is -0.424 e. The van der Waals surface area contributed by atoms with E-state index in [1.807, 2.05) is 6.92 Å². The molecule has 4 heteroatoms. The van der Waals surface area contributed by atoms with Gasteiger partial charge in [0.15, 0.2) is 0 Å². The summed E-state index contributed by atoms with van der Waals surface area (Å²) < 4.78 is 5.44. The molecule has 1 aliphatic rings. The smallest absolute Gasteiger partial charge is 0.230 e. The standard InChI is InChI=1S/C17H23N3O/c1-13-19-20-17(21-13)12-18-16-10-6-5-9-15(16)11-14-7-3-2-4-8-14/h2-4,7-8,15-16,18H,5-6,9-12H2,1H3/t15-,16+/m1/s1. The second kappa shape index (κ2) is 6.85. The van der Waals surface area contributed by atoms with Crippen molar-refractivity contribution in [2.24, 2.45) is 5.92 Å². The number of nitrogens with zero attached hydrogens (tertiary/aromatic N) is 2. The Morgan fingerprint density at radius 1 is 1.14 bits per heavy atom. The molecular weight excluding hydrogens is 262 g/mol. The maximum Gasteiger partial charge on any atom is 0.230 e. The zero-order chi connectivity index (χ0) is 14.5. The van der Waals surface area contributed by atoms with E-state index >= 15 is 0 Å². The summed E-state index contributed by atoms with van der Waals surface area (Å²) in [5.41, 5.74) is 1.44. The molecular formula is C17H23N3O. The third-order valence-corrected chi connectivity index (χ3v) is 4.33. The molecule has 3 rings (SSSR count). The van der Waals surface area contributed by atoms with Crippen molar-refractivity contribution >= 4 is 0 Å². The van der Waals surface area contributed by atoms with Crippen LogP contribution in [0.2, 0.25) is 0 Å². The van der Waals surface area contributed by atoms with Crippen molar-refractivity contribution in [3.63, 3.8) is 0 Å². The topological polar surface area (TPSA) is 51.0 Å². The molecule has 0 saturated heterocycles. The van der Waals surface area contributed by atoms with Crippen molar-refractivity contribution in [1.29, 1.82) is 0 Å². The lowest BCUT2D eigenvalue weighted by molar-refractivity contribution is 0.252. The number of aryl methyl sites for hydroxylation is 1. The Kier molecular flexibility index (Phi) is 4.65. The zero-order valence-corrected chi connectivity index (χ0v) is 12.6. The van der Waals surface area contributed by atoms with Crippen LogP contribution in [-0.4, -0.2) is 16.2 Å². The number of hydrogen-bond donors (Lipinski definition) is 1. The van der Waals surface area contributed by atoms with Crippen LogP contribution in [0.3, 0.4) is 0 Å². The van der Waals surface area contributed by atoms with Gasteiger partial charge in [0.05, 0.1) is 6.54 Å². The summed E-state index contributed by atoms with van der Waals surface area (Å²) in [4.78, 5) is 0. The first-order valence-corrected chi connectivity index (χ1v) is 7.87. The van der Waals surface area contributed by atoms with Gasteiger partial charge in [-0.05, 0) is 30.7 Å². The molecule has 1 aromatic carbocycles. The van der Waals surface area contributed by atoms with E-state index in [-0.39, 0.29) is 0 Å². The molecule has 2 atom stereocenters. The van der Waals surface area contributed by atoms with Crippen LogP contribution in [0.4, 0.5) is 0 Å². The van der Waals surface area contributed by atoms with Crippen LogP contribution in [0.15, 0.2) is 34.7 Å². The Morgan fingerprint density at radius 2 is 1.95 bits per heavy atom. The second-order valence-corrected chi connectivity index (χ2v) is 5.94. The zero-order valence-electron chi connectivity index (χ0n) is 12.6. The summed E-state index contributed by atoms with van der Waals surface area (Å²) in [5.74, 6) is 2.03. The van der Waals surface area contributed by atoms with E-state index in [4.69, 9.17) is 4.42 Å². The van der Waals surface area contributed by atoms with E-state index in [0.717, 1.165) is 6.42 Å². The summed E-state index contributed by atoms with van der Waals surface area (Å²) in [5, 5.41) is 11.6. The second-order valence-electron chi connectivity index (χ2n) is 5.94. The van der Waals surface area contributed by atoms with Gasteiger partial charge in [-0.25, -0.2) is 0 Å². The van der Waals surface area contributed by atoms with Crippen molar-refractivity contribution in [2.75, 3.05) is 0 Å². The quantitative estimate of drug-likeness (QED) is 0.916. The Hall–Kier alpha value is -1.68. The Balaban J connectivity index is 1.58. The normalized spacial score (nSPS) is 22.3. The average molecular weight is 285 g/mol. The maximum absolute atomic E-state index is 5.44. The Bertz CT molecular complexity index is 552. The van der Waals surface area contributed by atoms with Gasteiger partial charge in [0.25, 0.3) is 0 Å². The summed E-state index contributed by atoms with van der Waals surface area (Å²) in [6.07, 6.45) is 6.35. The molecule has 0 unspecified atom stereocenters. The third-order valence-electron chi connectivity index (χ3n) is 4.33. The van der Waals surface area contributed by atoms with Crippen molar-refractivity contribution in [3.8, 4) is 0 Å². The van der Waals surface area contributed by atoms with E-state index in [1.165, 1.54) is 31.2 Å². The molecule has 112 valence electrons. The van der Waals surface area contributed by atoms with E-state index < -0.39 is 0 Å². The van der Waals surface area contributed by atoms with E-state index in [0.29, 0.717) is 30.3 Å². The highest BCUT2D eigenvalue weighted by Gasteiger charge is 2.25. The van der Waals surface area contributed by atoms with Crippen LogP contribution in [-0.2, 0) is 13.0 Å². The third kappa shape index (κ3) is 3.91. The summed E-state index contributed by atoms with van der Waals surface area (Å²) in [6, 6.07) is 11.3. The minimum absolute atomic E-state index is 0.547. The molecule has 2 aromatic rings. The predicted molar refractivity (Wildman–Crippen MR) is 81.8 cm³/mol. The minimum atomic E-state index is 0.547. The van der Waals surface area contributed by atoms with Crippen molar-refractivity contribution in [3.05, 3.63) is 47.7 Å². The molecule has 21 heavy (non-hydrogen) atoms. The lowest BCUT2D eigenvalue weighted by Gasteiger charge is -2.32. The molecule has 0 amide bonds. The van der Waals surface area contributed by atoms with Gasteiger partial charge in [-0.15, -0.1) is 10.2 Å². The van der Waals surface area contributed by atoms with E-state index in [9.17, 15) is 0 Å². The predicted octanol–water partition coefficient (Wildman–Crippen LogP) is 3.27. The van der Waals surface area contributed by atoms with Crippen LogP contribution in [0, 0.1) is 12.8 Å². The highest BCUT2D eigenvalue weighted by atomic mass is 16.4. The number of aromatic nitrogens is 2. The molecule has 1 aliphatic carbocycles. The first-order valence-electron chi connectivity index (χ1n) is 7.87. The first-order chi connectivity index (χ1) is 10.3. The maximum atomic E-state index is 5.44. The molecule has 0 bridgehead atoms. The van der Waals surface area contributed by atoms with Crippen molar-refractivity contribution in [1.82, 2.24) is 15.5 Å². The molecule has 0 spiro atoms. The number of benzene rings is 1. The Labute approximate surface area is 126 Å². The van der Waals surface area contributed by atoms with Crippen molar-refractivity contribution < 1.29 is 4.42 Å². The lowest BCUT2D eigenvalue weighted by Crippen LogP contribution is -2.39. The number of rotatable bonds is 5. The molecule has 0 aliphatic heterocycles. The summed E-state index contributed by atoms with van der Waals surface area (Å²) in [6.45, 7) is 2.51. The van der Waals surface area contributed by atoms with Gasteiger partial charge in [-0.1, -0.05) is 43.2 Å². The molecule has 0 radical (unpaired) electrons. The largest absolute Gasteiger partial charge is 0.424 e. The van der Waals surface area contributed by atoms with Gasteiger partial charge >= 0.3 is 0 Å². The van der Waals surface area contributed by atoms with Gasteiger partial charge in [-0.3, -0.25) is 0 Å². The Morgan fingerprint density at radius 3 is 2.71 bits per heavy atom. The summed E-state index contributed by atoms with van der Waals surface area (Å²) >= 11 is 0. The van der Waals surface area contributed by atoms with E-state index in [1.54, 1.807) is 0 Å². The molecule has 1 aromatic heterocycles. The first kappa shape index (κ1) is 14.3. The molecule has 1 fully saturated rings. The highest BCUT2D eigenvalue weighted by Crippen LogP contribution is 2.27. The number of hydrogen-bond acceptors (Lipinski definition) is 4. The monoisotopic (exact) mass is 285 g/mol. The SMILES string of the molecule is Cc1nnc(CN[C@H]2CCCC[C@@H]2Cc2ccccc2)o1. The lowest BCUT2D eigenvalue weighted by atomic mass is 9.80. The van der Waals surface area contributed by atoms with Crippen LogP contribution in [0.5, 0.6) is 0 Å². The molecule has 1 saturated carbocycles. The van der Waals surface area contributed by atoms with Crippen LogP contribution in [0.25, 0.3) is 0 Å². The van der Waals surface area contributed by atoms with Gasteiger partial charge in [-0.2, -0.15) is 0 Å². The average Bonchev–Trinajstić information content (AvgIpc) is 2.93. The number of nitrogens with one attached hydrogen (secondary N) is 1. The van der Waals surface area contributed by atoms with Crippen LogP contribution in [0.1, 0.15) is 43.0 Å². The van der Waals surface area contributed by atoms with E-state index in [2.05, 4.69) is 45.8 Å². The highest BCUT2D eigenvalue weighted by molar-refractivity contribution is 5.15. The fourth-order valence-electron chi connectivity index (χ4n) is 3.26. The fraction of sp³-hybridized carbons (Fsp3) is 0.529. The van der Waals surface area contributed by atoms with Gasteiger partial charge in [0.2, 0.25) is 11.8 Å². The van der Waals surface area contributed by atoms with Crippen LogP contribution >= 0.6 is 0 Å². The van der Waals surface area contributed by atoms with Crippen molar-refractivity contribution in [2.45, 2.75) is 51.6 Å². The van der Waals surface area contributed by atoms with Gasteiger partial charge in [0, 0.05) is 13.0 Å². The summed E-state index contributed by atoms with van der Waals surface area (Å²) in [7, 11) is 0. The molecule has 4 nitrogen and oxygen atoms in total.